The normalized spacial score (nSPS) is 18.0. The second-order valence-electron chi connectivity index (χ2n) is 5.71. The van der Waals surface area contributed by atoms with E-state index in [1.165, 1.54) is 11.1 Å². The Morgan fingerprint density at radius 2 is 2.16 bits per heavy atom. The van der Waals surface area contributed by atoms with Crippen LogP contribution in [0.25, 0.3) is 0 Å². The predicted octanol–water partition coefficient (Wildman–Crippen LogP) is 3.36. The molecular weight excluding hydrogens is 264 g/mol. The Labute approximate surface area is 118 Å². The second-order valence-corrected chi connectivity index (χ2v) is 6.14. The van der Waals surface area contributed by atoms with Gasteiger partial charge in [0.25, 0.3) is 0 Å². The lowest BCUT2D eigenvalue weighted by Crippen LogP contribution is -2.42. The fourth-order valence-corrected chi connectivity index (χ4v) is 2.38. The van der Waals surface area contributed by atoms with Crippen LogP contribution in [-0.2, 0) is 11.2 Å². The first-order valence-electron chi connectivity index (χ1n) is 6.38. The minimum atomic E-state index is -0.493. The fourth-order valence-electron chi connectivity index (χ4n) is 2.19. The lowest BCUT2D eigenvalue weighted by molar-refractivity contribution is 0.0487. The Bertz CT molecular complexity index is 483. The van der Waals surface area contributed by atoms with Crippen molar-refractivity contribution in [3.63, 3.8) is 0 Å². The van der Waals surface area contributed by atoms with Crippen LogP contribution in [0.3, 0.4) is 0 Å². The number of fused-ring (bicyclic) bond motifs is 1. The molecule has 0 fully saturated rings. The number of ether oxygens (including phenoxy) is 1. The van der Waals surface area contributed by atoms with Gasteiger partial charge in [-0.1, -0.05) is 17.7 Å². The number of aryl methyl sites for hydroxylation is 1. The number of hydrogen-bond acceptors (Lipinski definition) is 3. The standard InChI is InChI=1S/C14H19ClN2O2/c1-14(2,3)19-13(18)17-16-12-7-4-9-8-10(15)5-6-11(9)12/h5-6,8,12,16H,4,7H2,1-3H3,(H,17,18). The maximum Gasteiger partial charge on any atom is 0.422 e. The van der Waals surface area contributed by atoms with Crippen LogP contribution < -0.4 is 10.9 Å². The summed E-state index contributed by atoms with van der Waals surface area (Å²) >= 11 is 5.96. The van der Waals surface area contributed by atoms with Gasteiger partial charge in [0.1, 0.15) is 5.60 Å². The average Bonchev–Trinajstić information content (AvgIpc) is 2.66. The Hall–Kier alpha value is -1.26. The van der Waals surface area contributed by atoms with E-state index in [2.05, 4.69) is 10.9 Å². The molecule has 19 heavy (non-hydrogen) atoms. The maximum absolute atomic E-state index is 11.6. The van der Waals surface area contributed by atoms with E-state index in [0.717, 1.165) is 17.9 Å². The van der Waals surface area contributed by atoms with Crippen molar-refractivity contribution in [2.24, 2.45) is 0 Å². The highest BCUT2D eigenvalue weighted by Gasteiger charge is 2.23. The van der Waals surface area contributed by atoms with Crippen LogP contribution in [0, 0.1) is 0 Å². The quantitative estimate of drug-likeness (QED) is 0.818. The number of nitrogens with one attached hydrogen (secondary N) is 2. The largest absolute Gasteiger partial charge is 0.443 e. The molecule has 5 heteroatoms. The van der Waals surface area contributed by atoms with Crippen LogP contribution in [0.1, 0.15) is 44.4 Å². The van der Waals surface area contributed by atoms with Crippen LogP contribution >= 0.6 is 11.6 Å². The molecule has 0 saturated carbocycles. The maximum atomic E-state index is 11.6. The van der Waals surface area contributed by atoms with Gasteiger partial charge in [0.15, 0.2) is 0 Å². The van der Waals surface area contributed by atoms with Crippen LogP contribution in [0.5, 0.6) is 0 Å². The van der Waals surface area contributed by atoms with E-state index in [0.29, 0.717) is 0 Å². The topological polar surface area (TPSA) is 50.4 Å². The van der Waals surface area contributed by atoms with Crippen molar-refractivity contribution in [1.29, 1.82) is 0 Å². The van der Waals surface area contributed by atoms with E-state index >= 15 is 0 Å². The van der Waals surface area contributed by atoms with Crippen molar-refractivity contribution in [3.05, 3.63) is 34.3 Å². The number of carbonyl (C=O) groups is 1. The fraction of sp³-hybridized carbons (Fsp3) is 0.500. The van der Waals surface area contributed by atoms with Crippen molar-refractivity contribution < 1.29 is 9.53 Å². The zero-order valence-corrected chi connectivity index (χ0v) is 12.2. The van der Waals surface area contributed by atoms with Crippen molar-refractivity contribution in [3.8, 4) is 0 Å². The molecule has 0 spiro atoms. The molecule has 1 aromatic carbocycles. The van der Waals surface area contributed by atoms with E-state index in [1.54, 1.807) is 0 Å². The summed E-state index contributed by atoms with van der Waals surface area (Å²) in [5, 5.41) is 0.750. The van der Waals surface area contributed by atoms with Crippen molar-refractivity contribution in [2.75, 3.05) is 0 Å². The summed E-state index contributed by atoms with van der Waals surface area (Å²) in [6.45, 7) is 5.50. The molecule has 0 aromatic heterocycles. The van der Waals surface area contributed by atoms with Gasteiger partial charge in [0, 0.05) is 5.02 Å². The minimum absolute atomic E-state index is 0.111. The van der Waals surface area contributed by atoms with Gasteiger partial charge in [-0.3, -0.25) is 5.43 Å². The molecule has 0 heterocycles. The van der Waals surface area contributed by atoms with Gasteiger partial charge in [0.2, 0.25) is 0 Å². The number of hydrazine groups is 1. The molecule has 2 N–H and O–H groups in total. The van der Waals surface area contributed by atoms with Crippen LogP contribution in [-0.4, -0.2) is 11.7 Å². The molecule has 104 valence electrons. The first kappa shape index (κ1) is 14.2. The molecule has 2 rings (SSSR count). The molecule has 1 aliphatic rings. The van der Waals surface area contributed by atoms with E-state index in [1.807, 2.05) is 39.0 Å². The molecule has 1 aromatic rings. The summed E-state index contributed by atoms with van der Waals surface area (Å²) in [7, 11) is 0. The third kappa shape index (κ3) is 3.85. The van der Waals surface area contributed by atoms with Gasteiger partial charge in [0.05, 0.1) is 6.04 Å². The van der Waals surface area contributed by atoms with E-state index < -0.39 is 11.7 Å². The van der Waals surface area contributed by atoms with Crippen LogP contribution in [0.4, 0.5) is 4.79 Å². The van der Waals surface area contributed by atoms with Gasteiger partial charge in [-0.25, -0.2) is 10.2 Å². The monoisotopic (exact) mass is 282 g/mol. The average molecular weight is 283 g/mol. The summed E-state index contributed by atoms with van der Waals surface area (Å²) in [6.07, 6.45) is 1.43. The number of benzene rings is 1. The molecule has 0 aliphatic heterocycles. The lowest BCUT2D eigenvalue weighted by atomic mass is 10.1. The molecule has 0 radical (unpaired) electrons. The molecular formula is C14H19ClN2O2. The van der Waals surface area contributed by atoms with Crippen molar-refractivity contribution >= 4 is 17.7 Å². The number of amides is 1. The smallest absolute Gasteiger partial charge is 0.422 e. The molecule has 0 saturated heterocycles. The third-order valence-electron chi connectivity index (χ3n) is 2.93. The molecule has 1 amide bonds. The van der Waals surface area contributed by atoms with E-state index in [9.17, 15) is 4.79 Å². The SMILES string of the molecule is CC(C)(C)OC(=O)NNC1CCc2cc(Cl)ccc21. The van der Waals surface area contributed by atoms with Gasteiger partial charge >= 0.3 is 6.09 Å². The van der Waals surface area contributed by atoms with Gasteiger partial charge < -0.3 is 4.74 Å². The summed E-state index contributed by atoms with van der Waals surface area (Å²) in [5.41, 5.74) is 7.52. The Morgan fingerprint density at radius 3 is 2.84 bits per heavy atom. The second kappa shape index (κ2) is 5.39. The molecule has 1 aliphatic carbocycles. The lowest BCUT2D eigenvalue weighted by Gasteiger charge is -2.21. The Morgan fingerprint density at radius 1 is 1.42 bits per heavy atom. The highest BCUT2D eigenvalue weighted by atomic mass is 35.5. The highest BCUT2D eigenvalue weighted by molar-refractivity contribution is 6.30. The zero-order chi connectivity index (χ0) is 14.0. The number of rotatable bonds is 2. The summed E-state index contributed by atoms with van der Waals surface area (Å²) in [6, 6.07) is 5.96. The van der Waals surface area contributed by atoms with Gasteiger partial charge in [-0.2, -0.15) is 0 Å². The summed E-state index contributed by atoms with van der Waals surface area (Å²) in [5.74, 6) is 0. The molecule has 1 unspecified atom stereocenters. The first-order chi connectivity index (χ1) is 8.85. The first-order valence-corrected chi connectivity index (χ1v) is 6.76. The number of carbonyl (C=O) groups excluding carboxylic acids is 1. The number of halogens is 1. The number of hydrogen-bond donors (Lipinski definition) is 2. The molecule has 1 atom stereocenters. The van der Waals surface area contributed by atoms with E-state index in [4.69, 9.17) is 16.3 Å². The van der Waals surface area contributed by atoms with Crippen molar-refractivity contribution in [1.82, 2.24) is 10.9 Å². The highest BCUT2D eigenvalue weighted by Crippen LogP contribution is 2.32. The van der Waals surface area contributed by atoms with Gasteiger partial charge in [-0.15, -0.1) is 0 Å². The minimum Gasteiger partial charge on any atom is -0.443 e. The zero-order valence-electron chi connectivity index (χ0n) is 11.4. The molecule has 0 bridgehead atoms. The van der Waals surface area contributed by atoms with Gasteiger partial charge in [-0.05, 0) is 56.9 Å². The third-order valence-corrected chi connectivity index (χ3v) is 3.17. The van der Waals surface area contributed by atoms with Crippen LogP contribution in [0.2, 0.25) is 5.02 Å². The Balaban J connectivity index is 1.91. The summed E-state index contributed by atoms with van der Waals surface area (Å²) < 4.78 is 5.17. The van der Waals surface area contributed by atoms with E-state index in [-0.39, 0.29) is 6.04 Å². The summed E-state index contributed by atoms with van der Waals surface area (Å²) in [4.78, 5) is 11.6. The predicted molar refractivity (Wildman–Crippen MR) is 75.0 cm³/mol. The van der Waals surface area contributed by atoms with Crippen molar-refractivity contribution in [2.45, 2.75) is 45.3 Å². The van der Waals surface area contributed by atoms with Crippen LogP contribution in [0.15, 0.2) is 18.2 Å². The Kier molecular flexibility index (Phi) is 4.02. The molecule has 4 nitrogen and oxygen atoms in total.